The summed E-state index contributed by atoms with van der Waals surface area (Å²) < 4.78 is 0. The monoisotopic (exact) mass is 293 g/mol. The second-order valence-electron chi connectivity index (χ2n) is 4.94. The van der Waals surface area contributed by atoms with Crippen molar-refractivity contribution in [2.75, 3.05) is 13.1 Å². The Bertz CT molecular complexity index is 260. The third-order valence-electron chi connectivity index (χ3n) is 2.59. The summed E-state index contributed by atoms with van der Waals surface area (Å²) in [5.74, 6) is 0.493. The van der Waals surface area contributed by atoms with Gasteiger partial charge < -0.3 is 16.4 Å². The van der Waals surface area contributed by atoms with Crippen LogP contribution in [-0.4, -0.2) is 30.9 Å². The summed E-state index contributed by atoms with van der Waals surface area (Å²) in [6, 6.07) is 0.0435. The largest absolute Gasteiger partial charge is 0.356 e. The van der Waals surface area contributed by atoms with Gasteiger partial charge in [0.05, 0.1) is 0 Å². The lowest BCUT2D eigenvalue weighted by molar-refractivity contribution is -0.122. The fraction of sp³-hybridized carbons (Fsp3) is 0.846. The van der Waals surface area contributed by atoms with Crippen LogP contribution in [0.2, 0.25) is 0 Å². The second-order valence-corrected chi connectivity index (χ2v) is 4.94. The quantitative estimate of drug-likeness (QED) is 0.597. The van der Waals surface area contributed by atoms with Crippen molar-refractivity contribution in [1.82, 2.24) is 10.6 Å². The SMILES string of the molecule is CCNC(=O)CCCC(=O)NC(CN)CC(C)C.Cl. The molecule has 19 heavy (non-hydrogen) atoms. The van der Waals surface area contributed by atoms with E-state index in [1.54, 1.807) is 0 Å². The van der Waals surface area contributed by atoms with Gasteiger partial charge >= 0.3 is 0 Å². The summed E-state index contributed by atoms with van der Waals surface area (Å²) in [4.78, 5) is 22.8. The molecule has 0 saturated carbocycles. The van der Waals surface area contributed by atoms with Crippen molar-refractivity contribution in [3.63, 3.8) is 0 Å². The minimum Gasteiger partial charge on any atom is -0.356 e. The molecule has 0 heterocycles. The normalized spacial score (nSPS) is 11.6. The van der Waals surface area contributed by atoms with Crippen molar-refractivity contribution in [3.05, 3.63) is 0 Å². The van der Waals surface area contributed by atoms with Crippen LogP contribution in [0.4, 0.5) is 0 Å². The number of hydrogen-bond donors (Lipinski definition) is 3. The van der Waals surface area contributed by atoms with Gasteiger partial charge in [-0.3, -0.25) is 9.59 Å². The van der Waals surface area contributed by atoms with Gasteiger partial charge in [0.2, 0.25) is 11.8 Å². The molecule has 0 saturated heterocycles. The van der Waals surface area contributed by atoms with E-state index in [4.69, 9.17) is 5.73 Å². The lowest BCUT2D eigenvalue weighted by atomic mass is 10.0. The Morgan fingerprint density at radius 2 is 1.74 bits per heavy atom. The zero-order chi connectivity index (χ0) is 14.0. The molecule has 1 unspecified atom stereocenters. The van der Waals surface area contributed by atoms with Crippen molar-refractivity contribution >= 4 is 24.2 Å². The molecule has 4 N–H and O–H groups in total. The predicted octanol–water partition coefficient (Wildman–Crippen LogP) is 1.20. The highest BCUT2D eigenvalue weighted by Gasteiger charge is 2.12. The molecule has 0 rings (SSSR count). The van der Waals surface area contributed by atoms with E-state index in [-0.39, 0.29) is 30.3 Å². The molecule has 6 heteroatoms. The van der Waals surface area contributed by atoms with Crippen molar-refractivity contribution in [2.45, 2.75) is 52.5 Å². The van der Waals surface area contributed by atoms with Gasteiger partial charge in [-0.25, -0.2) is 0 Å². The smallest absolute Gasteiger partial charge is 0.220 e. The van der Waals surface area contributed by atoms with Crippen LogP contribution in [0.25, 0.3) is 0 Å². The lowest BCUT2D eigenvalue weighted by Gasteiger charge is -2.18. The Hall–Kier alpha value is -0.810. The summed E-state index contributed by atoms with van der Waals surface area (Å²) in [7, 11) is 0. The molecule has 0 aromatic carbocycles. The maximum Gasteiger partial charge on any atom is 0.220 e. The maximum atomic E-state index is 11.6. The number of amides is 2. The first kappa shape index (κ1) is 20.5. The molecule has 5 nitrogen and oxygen atoms in total. The number of hydrogen-bond acceptors (Lipinski definition) is 3. The lowest BCUT2D eigenvalue weighted by Crippen LogP contribution is -2.41. The molecule has 2 amide bonds. The Kier molecular flexibility index (Phi) is 13.2. The van der Waals surface area contributed by atoms with Gasteiger partial charge in [0, 0.05) is 32.0 Å². The summed E-state index contributed by atoms with van der Waals surface area (Å²) in [6.07, 6.45) is 2.25. The molecule has 0 bridgehead atoms. The molecule has 0 spiro atoms. The summed E-state index contributed by atoms with van der Waals surface area (Å²) in [5, 5.41) is 5.61. The summed E-state index contributed by atoms with van der Waals surface area (Å²) in [5.41, 5.74) is 5.61. The van der Waals surface area contributed by atoms with E-state index >= 15 is 0 Å². The van der Waals surface area contributed by atoms with Crippen molar-refractivity contribution in [2.24, 2.45) is 11.7 Å². The highest BCUT2D eigenvalue weighted by atomic mass is 35.5. The van der Waals surface area contributed by atoms with Crippen LogP contribution in [0.15, 0.2) is 0 Å². The fourth-order valence-corrected chi connectivity index (χ4v) is 1.78. The van der Waals surface area contributed by atoms with Crippen molar-refractivity contribution in [1.29, 1.82) is 0 Å². The Morgan fingerprint density at radius 3 is 2.21 bits per heavy atom. The Labute approximate surface area is 122 Å². The molecule has 0 radical (unpaired) electrons. The number of rotatable bonds is 9. The van der Waals surface area contributed by atoms with Gasteiger partial charge in [-0.1, -0.05) is 13.8 Å². The minimum absolute atomic E-state index is 0. The number of carbonyl (C=O) groups is 2. The third-order valence-corrected chi connectivity index (χ3v) is 2.59. The van der Waals surface area contributed by atoms with E-state index in [1.165, 1.54) is 0 Å². The summed E-state index contributed by atoms with van der Waals surface area (Å²) in [6.45, 7) is 7.17. The Morgan fingerprint density at radius 1 is 1.16 bits per heavy atom. The van der Waals surface area contributed by atoms with E-state index in [2.05, 4.69) is 24.5 Å². The van der Waals surface area contributed by atoms with E-state index in [9.17, 15) is 9.59 Å². The molecule has 114 valence electrons. The molecule has 0 aliphatic carbocycles. The standard InChI is InChI=1S/C13H27N3O2.ClH/c1-4-15-12(17)6-5-7-13(18)16-11(9-14)8-10(2)3;/h10-11H,4-9,14H2,1-3H3,(H,15,17)(H,16,18);1H. The second kappa shape index (κ2) is 12.2. The zero-order valence-corrected chi connectivity index (χ0v) is 13.0. The van der Waals surface area contributed by atoms with Gasteiger partial charge in [0.25, 0.3) is 0 Å². The summed E-state index contributed by atoms with van der Waals surface area (Å²) >= 11 is 0. The van der Waals surface area contributed by atoms with Gasteiger partial charge in [0.15, 0.2) is 0 Å². The minimum atomic E-state index is -0.0181. The molecule has 1 atom stereocenters. The van der Waals surface area contributed by atoms with Crippen LogP contribution in [0, 0.1) is 5.92 Å². The van der Waals surface area contributed by atoms with Crippen LogP contribution in [0.1, 0.15) is 46.5 Å². The first-order valence-electron chi connectivity index (χ1n) is 6.75. The van der Waals surface area contributed by atoms with Crippen LogP contribution in [0.3, 0.4) is 0 Å². The maximum absolute atomic E-state index is 11.6. The fourth-order valence-electron chi connectivity index (χ4n) is 1.78. The van der Waals surface area contributed by atoms with E-state index in [0.29, 0.717) is 38.3 Å². The van der Waals surface area contributed by atoms with E-state index < -0.39 is 0 Å². The number of nitrogens with two attached hydrogens (primary N) is 1. The average molecular weight is 294 g/mol. The predicted molar refractivity (Wildman–Crippen MR) is 80.2 cm³/mol. The molecule has 0 aliphatic rings. The van der Waals surface area contributed by atoms with Gasteiger partial charge in [-0.05, 0) is 25.7 Å². The Balaban J connectivity index is 0. The molecule has 0 aromatic rings. The average Bonchev–Trinajstić information content (AvgIpc) is 2.27. The van der Waals surface area contributed by atoms with Crippen molar-refractivity contribution < 1.29 is 9.59 Å². The first-order chi connectivity index (χ1) is 8.49. The van der Waals surface area contributed by atoms with Crippen LogP contribution in [0.5, 0.6) is 0 Å². The van der Waals surface area contributed by atoms with E-state index in [0.717, 1.165) is 6.42 Å². The van der Waals surface area contributed by atoms with Gasteiger partial charge in [-0.15, -0.1) is 12.4 Å². The zero-order valence-electron chi connectivity index (χ0n) is 12.2. The topological polar surface area (TPSA) is 84.2 Å². The highest BCUT2D eigenvalue weighted by Crippen LogP contribution is 2.04. The molecular weight excluding hydrogens is 266 g/mol. The number of halogens is 1. The van der Waals surface area contributed by atoms with Gasteiger partial charge in [0.1, 0.15) is 0 Å². The van der Waals surface area contributed by atoms with E-state index in [1.807, 2.05) is 6.92 Å². The van der Waals surface area contributed by atoms with Crippen LogP contribution < -0.4 is 16.4 Å². The molecular formula is C13H28ClN3O2. The molecule has 0 aromatic heterocycles. The molecule has 0 aliphatic heterocycles. The number of carbonyl (C=O) groups excluding carboxylic acids is 2. The van der Waals surface area contributed by atoms with Crippen LogP contribution in [-0.2, 0) is 9.59 Å². The molecule has 0 fully saturated rings. The van der Waals surface area contributed by atoms with Gasteiger partial charge in [-0.2, -0.15) is 0 Å². The highest BCUT2D eigenvalue weighted by molar-refractivity contribution is 5.85. The first-order valence-corrected chi connectivity index (χ1v) is 6.75. The van der Waals surface area contributed by atoms with Crippen molar-refractivity contribution in [3.8, 4) is 0 Å². The number of nitrogens with one attached hydrogen (secondary N) is 2. The third kappa shape index (κ3) is 12.0. The van der Waals surface area contributed by atoms with Crippen LogP contribution >= 0.6 is 12.4 Å².